The number of carbonyl (C=O) groups excluding carboxylic acids is 1. The highest BCUT2D eigenvalue weighted by molar-refractivity contribution is 5.96. The average Bonchev–Trinajstić information content (AvgIpc) is 2.96. The quantitative estimate of drug-likeness (QED) is 0.910. The second-order valence-electron chi connectivity index (χ2n) is 5.75. The Bertz CT molecular complexity index is 494. The minimum absolute atomic E-state index is 0.112. The predicted octanol–water partition coefficient (Wildman–Crippen LogP) is 1.63. The molecule has 1 aliphatic carbocycles. The Balaban J connectivity index is 2.29. The van der Waals surface area contributed by atoms with E-state index in [1.54, 1.807) is 4.68 Å². The molecule has 2 rings (SSSR count). The van der Waals surface area contributed by atoms with Gasteiger partial charge in [0.2, 0.25) is 0 Å². The largest absolute Gasteiger partial charge is 0.336 e. The molecular weight excluding hydrogens is 252 g/mol. The molecule has 0 bridgehead atoms. The van der Waals surface area contributed by atoms with Gasteiger partial charge in [0.1, 0.15) is 0 Å². The number of hydrogen-bond acceptors (Lipinski definition) is 3. The van der Waals surface area contributed by atoms with Crippen LogP contribution in [0.15, 0.2) is 0 Å². The lowest BCUT2D eigenvalue weighted by Crippen LogP contribution is -2.44. The van der Waals surface area contributed by atoms with Crippen LogP contribution in [0.3, 0.4) is 0 Å². The predicted molar refractivity (Wildman–Crippen MR) is 79.6 cm³/mol. The van der Waals surface area contributed by atoms with Gasteiger partial charge in [-0.05, 0) is 46.1 Å². The highest BCUT2D eigenvalue weighted by atomic mass is 16.2. The van der Waals surface area contributed by atoms with E-state index in [0.717, 1.165) is 36.3 Å². The SMILES string of the molecule is CCN(C(=O)c1c(C)nn(C)c1C)C1CCCC1CN. The molecule has 20 heavy (non-hydrogen) atoms. The lowest BCUT2D eigenvalue weighted by atomic mass is 10.0. The van der Waals surface area contributed by atoms with Gasteiger partial charge >= 0.3 is 0 Å². The molecule has 1 saturated carbocycles. The Morgan fingerprint density at radius 1 is 1.45 bits per heavy atom. The van der Waals surface area contributed by atoms with Crippen LogP contribution in [0.5, 0.6) is 0 Å². The van der Waals surface area contributed by atoms with Crippen LogP contribution in [0, 0.1) is 19.8 Å². The lowest BCUT2D eigenvalue weighted by Gasteiger charge is -2.32. The van der Waals surface area contributed by atoms with E-state index in [9.17, 15) is 4.79 Å². The standard InChI is InChI=1S/C15H26N4O/c1-5-19(13-8-6-7-12(13)9-16)15(20)14-10(2)17-18(4)11(14)3/h12-13H,5-9,16H2,1-4H3. The van der Waals surface area contributed by atoms with Gasteiger partial charge in [-0.1, -0.05) is 6.42 Å². The van der Waals surface area contributed by atoms with Crippen LogP contribution in [0.2, 0.25) is 0 Å². The third-order valence-electron chi connectivity index (χ3n) is 4.65. The zero-order valence-corrected chi connectivity index (χ0v) is 13.0. The Morgan fingerprint density at radius 3 is 2.65 bits per heavy atom. The van der Waals surface area contributed by atoms with Crippen molar-refractivity contribution in [3.63, 3.8) is 0 Å². The number of rotatable bonds is 4. The minimum atomic E-state index is 0.112. The first-order valence-electron chi connectivity index (χ1n) is 7.52. The van der Waals surface area contributed by atoms with Gasteiger partial charge in [0.25, 0.3) is 5.91 Å². The Labute approximate surface area is 121 Å². The zero-order valence-electron chi connectivity index (χ0n) is 13.0. The van der Waals surface area contributed by atoms with E-state index in [-0.39, 0.29) is 11.9 Å². The number of amides is 1. The molecule has 0 radical (unpaired) electrons. The molecule has 1 amide bonds. The average molecular weight is 278 g/mol. The van der Waals surface area contributed by atoms with E-state index in [0.29, 0.717) is 12.5 Å². The molecule has 1 aromatic rings. The third kappa shape index (κ3) is 2.46. The number of nitrogens with zero attached hydrogens (tertiary/aromatic N) is 3. The highest BCUT2D eigenvalue weighted by Crippen LogP contribution is 2.30. The maximum Gasteiger partial charge on any atom is 0.257 e. The molecule has 1 fully saturated rings. The zero-order chi connectivity index (χ0) is 14.9. The Morgan fingerprint density at radius 2 is 2.15 bits per heavy atom. The molecule has 1 aromatic heterocycles. The van der Waals surface area contributed by atoms with Crippen molar-refractivity contribution in [3.05, 3.63) is 17.0 Å². The van der Waals surface area contributed by atoms with Crippen LogP contribution >= 0.6 is 0 Å². The summed E-state index contributed by atoms with van der Waals surface area (Å²) in [6.45, 7) is 7.30. The van der Waals surface area contributed by atoms with Gasteiger partial charge in [0, 0.05) is 25.3 Å². The molecule has 1 aliphatic rings. The fourth-order valence-electron chi connectivity index (χ4n) is 3.46. The fourth-order valence-corrected chi connectivity index (χ4v) is 3.46. The maximum atomic E-state index is 12.9. The molecule has 2 atom stereocenters. The summed E-state index contributed by atoms with van der Waals surface area (Å²) in [5.41, 5.74) is 8.38. The number of hydrogen-bond donors (Lipinski definition) is 1. The van der Waals surface area contributed by atoms with Gasteiger partial charge < -0.3 is 10.6 Å². The van der Waals surface area contributed by atoms with Gasteiger partial charge in [-0.15, -0.1) is 0 Å². The normalized spacial score (nSPS) is 22.2. The highest BCUT2D eigenvalue weighted by Gasteiger charge is 2.34. The molecule has 0 spiro atoms. The molecule has 0 aromatic carbocycles. The molecular formula is C15H26N4O. The van der Waals surface area contributed by atoms with Gasteiger partial charge in [0.15, 0.2) is 0 Å². The number of nitrogens with two attached hydrogens (primary N) is 1. The van der Waals surface area contributed by atoms with Crippen molar-refractivity contribution in [1.29, 1.82) is 0 Å². The van der Waals surface area contributed by atoms with E-state index < -0.39 is 0 Å². The Kier molecular flexibility index (Phi) is 4.48. The van der Waals surface area contributed by atoms with Crippen molar-refractivity contribution in [2.24, 2.45) is 18.7 Å². The van der Waals surface area contributed by atoms with Crippen LogP contribution in [-0.2, 0) is 7.05 Å². The summed E-state index contributed by atoms with van der Waals surface area (Å²) in [6.07, 6.45) is 3.37. The van der Waals surface area contributed by atoms with Crippen LogP contribution in [0.25, 0.3) is 0 Å². The van der Waals surface area contributed by atoms with E-state index >= 15 is 0 Å². The third-order valence-corrected chi connectivity index (χ3v) is 4.65. The second kappa shape index (κ2) is 5.95. The molecule has 5 heteroatoms. The Hall–Kier alpha value is -1.36. The molecule has 0 aliphatic heterocycles. The number of carbonyl (C=O) groups is 1. The van der Waals surface area contributed by atoms with Crippen molar-refractivity contribution in [1.82, 2.24) is 14.7 Å². The maximum absolute atomic E-state index is 12.9. The van der Waals surface area contributed by atoms with Crippen LogP contribution in [0.1, 0.15) is 47.9 Å². The molecule has 5 nitrogen and oxygen atoms in total. The van der Waals surface area contributed by atoms with Crippen LogP contribution in [-0.4, -0.2) is 39.7 Å². The fraction of sp³-hybridized carbons (Fsp3) is 0.733. The van der Waals surface area contributed by atoms with Crippen molar-refractivity contribution in [3.8, 4) is 0 Å². The van der Waals surface area contributed by atoms with Crippen LogP contribution in [0.4, 0.5) is 0 Å². The summed E-state index contributed by atoms with van der Waals surface area (Å²) < 4.78 is 1.78. The van der Waals surface area contributed by atoms with E-state index in [4.69, 9.17) is 5.73 Å². The first-order valence-corrected chi connectivity index (χ1v) is 7.52. The summed E-state index contributed by atoms with van der Waals surface area (Å²) in [5.74, 6) is 0.553. The molecule has 2 unspecified atom stereocenters. The van der Waals surface area contributed by atoms with Crippen molar-refractivity contribution in [2.45, 2.75) is 46.1 Å². The van der Waals surface area contributed by atoms with Gasteiger partial charge in [-0.2, -0.15) is 5.10 Å². The molecule has 112 valence electrons. The lowest BCUT2D eigenvalue weighted by molar-refractivity contribution is 0.0650. The molecule has 0 saturated heterocycles. The smallest absolute Gasteiger partial charge is 0.257 e. The van der Waals surface area contributed by atoms with Gasteiger partial charge in [-0.3, -0.25) is 9.48 Å². The van der Waals surface area contributed by atoms with Crippen LogP contribution < -0.4 is 5.73 Å². The topological polar surface area (TPSA) is 64.2 Å². The summed E-state index contributed by atoms with van der Waals surface area (Å²) in [5, 5.41) is 4.36. The van der Waals surface area contributed by atoms with Gasteiger partial charge in [0.05, 0.1) is 11.3 Å². The summed E-state index contributed by atoms with van der Waals surface area (Å²) in [7, 11) is 1.88. The second-order valence-corrected chi connectivity index (χ2v) is 5.75. The summed E-state index contributed by atoms with van der Waals surface area (Å²) in [6, 6.07) is 0.288. The first-order chi connectivity index (χ1) is 9.51. The van der Waals surface area contributed by atoms with Crippen molar-refractivity contribution >= 4 is 5.91 Å². The first kappa shape index (κ1) is 15.0. The van der Waals surface area contributed by atoms with E-state index in [1.165, 1.54) is 6.42 Å². The summed E-state index contributed by atoms with van der Waals surface area (Å²) in [4.78, 5) is 14.9. The van der Waals surface area contributed by atoms with E-state index in [1.807, 2.05) is 32.7 Å². The summed E-state index contributed by atoms with van der Waals surface area (Å²) >= 11 is 0. The van der Waals surface area contributed by atoms with Crippen molar-refractivity contribution < 1.29 is 4.79 Å². The number of aryl methyl sites for hydroxylation is 2. The van der Waals surface area contributed by atoms with Gasteiger partial charge in [-0.25, -0.2) is 0 Å². The molecule has 1 heterocycles. The number of aromatic nitrogens is 2. The van der Waals surface area contributed by atoms with Crippen molar-refractivity contribution in [2.75, 3.05) is 13.1 Å². The van der Waals surface area contributed by atoms with E-state index in [2.05, 4.69) is 5.10 Å². The minimum Gasteiger partial charge on any atom is -0.336 e. The monoisotopic (exact) mass is 278 g/mol. The molecule has 2 N–H and O–H groups in total.